The van der Waals surface area contributed by atoms with Crippen LogP contribution in [0.2, 0.25) is 0 Å². The highest BCUT2D eigenvalue weighted by Crippen LogP contribution is 2.38. The van der Waals surface area contributed by atoms with E-state index in [1.807, 2.05) is 31.3 Å². The summed E-state index contributed by atoms with van der Waals surface area (Å²) in [5.41, 5.74) is 4.33. The lowest BCUT2D eigenvalue weighted by Crippen LogP contribution is -2.06. The fourth-order valence-electron chi connectivity index (χ4n) is 4.02. The largest absolute Gasteiger partial charge is 0.493 e. The number of methoxy groups -OCH3 is 3. The predicted octanol–water partition coefficient (Wildman–Crippen LogP) is 5.26. The molecule has 0 saturated heterocycles. The van der Waals surface area contributed by atoms with Crippen LogP contribution < -0.4 is 19.5 Å². The zero-order chi connectivity index (χ0) is 25.7. The Balaban J connectivity index is 1.73. The highest BCUT2D eigenvalue weighted by molar-refractivity contribution is 5.89. The minimum atomic E-state index is -0.266. The van der Waals surface area contributed by atoms with Gasteiger partial charge in [-0.1, -0.05) is 31.6 Å². The van der Waals surface area contributed by atoms with Gasteiger partial charge < -0.3 is 19.5 Å². The average molecular weight is 492 g/mol. The van der Waals surface area contributed by atoms with Crippen LogP contribution >= 0.6 is 0 Å². The van der Waals surface area contributed by atoms with Crippen LogP contribution in [-0.2, 0) is 20.0 Å². The van der Waals surface area contributed by atoms with Crippen molar-refractivity contribution in [3.63, 3.8) is 0 Å². The summed E-state index contributed by atoms with van der Waals surface area (Å²) in [5, 5.41) is 8.07. The van der Waals surface area contributed by atoms with E-state index in [9.17, 15) is 4.39 Å². The van der Waals surface area contributed by atoms with Crippen molar-refractivity contribution in [1.82, 2.24) is 19.7 Å². The summed E-state index contributed by atoms with van der Waals surface area (Å²) in [6.45, 7) is 2.59. The predicted molar refractivity (Wildman–Crippen MR) is 139 cm³/mol. The van der Waals surface area contributed by atoms with Crippen LogP contribution in [0.5, 0.6) is 17.2 Å². The molecule has 4 aromatic rings. The molecular formula is C27H30FN5O3. The van der Waals surface area contributed by atoms with Crippen LogP contribution in [0.15, 0.2) is 36.4 Å². The molecule has 0 fully saturated rings. The minimum absolute atomic E-state index is 0.266. The van der Waals surface area contributed by atoms with E-state index in [0.717, 1.165) is 40.7 Å². The third-order valence-electron chi connectivity index (χ3n) is 5.74. The van der Waals surface area contributed by atoms with E-state index in [1.165, 1.54) is 12.1 Å². The molecule has 9 heteroatoms. The zero-order valence-electron chi connectivity index (χ0n) is 21.1. The number of hydrogen-bond donors (Lipinski definition) is 1. The molecule has 8 nitrogen and oxygen atoms in total. The van der Waals surface area contributed by atoms with Crippen LogP contribution in [0.4, 0.5) is 10.2 Å². The van der Waals surface area contributed by atoms with Gasteiger partial charge in [0.1, 0.15) is 16.9 Å². The Morgan fingerprint density at radius 2 is 1.67 bits per heavy atom. The molecule has 0 aliphatic heterocycles. The standard InChI is InChI=1S/C27H30FN5O3/c1-6-7-20-24-25(33(2)32-20)27(29-16-17-8-11-19(28)12-9-17)31-23(30-24)13-10-18-14-21(34-3)26(36-5)22(15-18)35-4/h8-15H,6-7,16H2,1-5H3,(H,29,30,31). The van der Waals surface area contributed by atoms with Gasteiger partial charge in [0.05, 0.1) is 27.0 Å². The van der Waals surface area contributed by atoms with E-state index >= 15 is 0 Å². The van der Waals surface area contributed by atoms with Crippen molar-refractivity contribution in [2.75, 3.05) is 26.6 Å². The van der Waals surface area contributed by atoms with E-state index in [4.69, 9.17) is 24.2 Å². The summed E-state index contributed by atoms with van der Waals surface area (Å²) in [4.78, 5) is 9.59. The summed E-state index contributed by atoms with van der Waals surface area (Å²) >= 11 is 0. The molecule has 0 atom stereocenters. The Bertz CT molecular complexity index is 1360. The summed E-state index contributed by atoms with van der Waals surface area (Å²) < 4.78 is 31.5. The van der Waals surface area contributed by atoms with Gasteiger partial charge in [-0.25, -0.2) is 14.4 Å². The molecule has 0 bridgehead atoms. The van der Waals surface area contributed by atoms with Crippen LogP contribution in [0.3, 0.4) is 0 Å². The molecule has 0 aliphatic rings. The van der Waals surface area contributed by atoms with Gasteiger partial charge in [0.15, 0.2) is 23.1 Å². The zero-order valence-corrected chi connectivity index (χ0v) is 21.1. The molecule has 2 aromatic heterocycles. The molecule has 0 spiro atoms. The summed E-state index contributed by atoms with van der Waals surface area (Å²) in [6.07, 6.45) is 5.49. The van der Waals surface area contributed by atoms with Crippen molar-refractivity contribution in [3.05, 3.63) is 64.9 Å². The number of benzene rings is 2. The number of rotatable bonds is 10. The topological polar surface area (TPSA) is 83.3 Å². The van der Waals surface area contributed by atoms with Crippen molar-refractivity contribution in [2.45, 2.75) is 26.3 Å². The van der Waals surface area contributed by atoms with Gasteiger partial charge in [-0.05, 0) is 47.9 Å². The number of nitrogens with one attached hydrogen (secondary N) is 1. The number of halogens is 1. The smallest absolute Gasteiger partial charge is 0.203 e. The number of anilines is 1. The van der Waals surface area contributed by atoms with Gasteiger partial charge in [-0.2, -0.15) is 5.10 Å². The lowest BCUT2D eigenvalue weighted by atomic mass is 10.1. The van der Waals surface area contributed by atoms with Gasteiger partial charge in [0.2, 0.25) is 5.75 Å². The maximum atomic E-state index is 13.3. The van der Waals surface area contributed by atoms with E-state index in [-0.39, 0.29) is 5.82 Å². The first-order valence-corrected chi connectivity index (χ1v) is 11.7. The molecular weight excluding hydrogens is 461 g/mol. The first-order chi connectivity index (χ1) is 17.5. The SMILES string of the molecule is CCCc1nn(C)c2c(NCc3ccc(F)cc3)nc(C=Cc3cc(OC)c(OC)c(OC)c3)nc12. The van der Waals surface area contributed by atoms with E-state index in [0.29, 0.717) is 35.4 Å². The molecule has 0 radical (unpaired) electrons. The van der Waals surface area contributed by atoms with Gasteiger partial charge in [-0.3, -0.25) is 4.68 Å². The molecule has 2 heterocycles. The van der Waals surface area contributed by atoms with E-state index in [2.05, 4.69) is 17.3 Å². The number of fused-ring (bicyclic) bond motifs is 1. The second kappa shape index (κ2) is 11.1. The minimum Gasteiger partial charge on any atom is -0.493 e. The first-order valence-electron chi connectivity index (χ1n) is 11.7. The van der Waals surface area contributed by atoms with Gasteiger partial charge in [0, 0.05) is 13.6 Å². The van der Waals surface area contributed by atoms with E-state index < -0.39 is 0 Å². The molecule has 188 valence electrons. The van der Waals surface area contributed by atoms with Crippen molar-refractivity contribution in [2.24, 2.45) is 7.05 Å². The first kappa shape index (κ1) is 25.0. The molecule has 36 heavy (non-hydrogen) atoms. The molecule has 1 N–H and O–H groups in total. The third-order valence-corrected chi connectivity index (χ3v) is 5.74. The summed E-state index contributed by atoms with van der Waals surface area (Å²) in [7, 11) is 6.62. The summed E-state index contributed by atoms with van der Waals surface area (Å²) in [6, 6.07) is 10.1. The molecule has 0 aliphatic carbocycles. The Labute approximate surface area is 209 Å². The second-order valence-corrected chi connectivity index (χ2v) is 8.22. The van der Waals surface area contributed by atoms with Crippen molar-refractivity contribution in [1.29, 1.82) is 0 Å². The quantitative estimate of drug-likeness (QED) is 0.324. The Morgan fingerprint density at radius 1 is 0.972 bits per heavy atom. The maximum Gasteiger partial charge on any atom is 0.203 e. The van der Waals surface area contributed by atoms with Crippen LogP contribution in [0, 0.1) is 5.82 Å². The Kier molecular flexibility index (Phi) is 7.68. The van der Waals surface area contributed by atoms with Gasteiger partial charge >= 0.3 is 0 Å². The van der Waals surface area contributed by atoms with E-state index in [1.54, 1.807) is 38.1 Å². The van der Waals surface area contributed by atoms with Crippen molar-refractivity contribution >= 4 is 29.0 Å². The fourth-order valence-corrected chi connectivity index (χ4v) is 4.02. The van der Waals surface area contributed by atoms with Crippen LogP contribution in [0.25, 0.3) is 23.2 Å². The van der Waals surface area contributed by atoms with Crippen LogP contribution in [-0.4, -0.2) is 41.1 Å². The second-order valence-electron chi connectivity index (χ2n) is 8.22. The molecule has 0 unspecified atom stereocenters. The number of aromatic nitrogens is 4. The fraction of sp³-hybridized carbons (Fsp3) is 0.296. The Morgan fingerprint density at radius 3 is 2.28 bits per heavy atom. The monoisotopic (exact) mass is 491 g/mol. The highest BCUT2D eigenvalue weighted by atomic mass is 19.1. The lowest BCUT2D eigenvalue weighted by Gasteiger charge is -2.13. The van der Waals surface area contributed by atoms with Crippen molar-refractivity contribution < 1.29 is 18.6 Å². The van der Waals surface area contributed by atoms with Gasteiger partial charge in [0.25, 0.3) is 0 Å². The highest BCUT2D eigenvalue weighted by Gasteiger charge is 2.17. The normalized spacial score (nSPS) is 11.3. The molecule has 0 saturated carbocycles. The lowest BCUT2D eigenvalue weighted by molar-refractivity contribution is 0.324. The third kappa shape index (κ3) is 5.25. The molecule has 4 rings (SSSR count). The van der Waals surface area contributed by atoms with Gasteiger partial charge in [-0.15, -0.1) is 0 Å². The Hall–Kier alpha value is -4.14. The maximum absolute atomic E-state index is 13.3. The van der Waals surface area contributed by atoms with Crippen molar-refractivity contribution in [3.8, 4) is 17.2 Å². The molecule has 2 aromatic carbocycles. The summed E-state index contributed by atoms with van der Waals surface area (Å²) in [5.74, 6) is 2.58. The average Bonchev–Trinajstić information content (AvgIpc) is 3.21. The number of nitrogens with zero attached hydrogens (tertiary/aromatic N) is 4. The number of hydrogen-bond acceptors (Lipinski definition) is 7. The molecule has 0 amide bonds. The van der Waals surface area contributed by atoms with Crippen LogP contribution in [0.1, 0.15) is 36.0 Å². The number of aryl methyl sites for hydroxylation is 2. The number of ether oxygens (including phenoxy) is 3.